The Morgan fingerprint density at radius 3 is 2.60 bits per heavy atom. The van der Waals surface area contributed by atoms with Gasteiger partial charge in [0.1, 0.15) is 0 Å². The Kier molecular flexibility index (Phi) is 4.09. The average molecular weight is 276 g/mol. The van der Waals surface area contributed by atoms with E-state index in [1.165, 1.54) is 0 Å². The second-order valence-corrected chi connectivity index (χ2v) is 5.55. The minimum absolute atomic E-state index is 0.0673. The number of nitrogens with one attached hydrogen (secondary N) is 1. The lowest BCUT2D eigenvalue weighted by molar-refractivity contribution is -0.119. The molecule has 1 amide bonds. The SMILES string of the molecule is Cc1cc(C)c(NC(=O)C2CCN(C)C2)c(C(=O)O)c1. The highest BCUT2D eigenvalue weighted by atomic mass is 16.4. The number of amides is 1. The molecule has 1 saturated heterocycles. The van der Waals surface area contributed by atoms with Gasteiger partial charge >= 0.3 is 5.97 Å². The number of aromatic carboxylic acids is 1. The van der Waals surface area contributed by atoms with Gasteiger partial charge in [-0.25, -0.2) is 4.79 Å². The lowest BCUT2D eigenvalue weighted by Gasteiger charge is -2.15. The summed E-state index contributed by atoms with van der Waals surface area (Å²) in [5.41, 5.74) is 2.23. The lowest BCUT2D eigenvalue weighted by Crippen LogP contribution is -2.26. The number of hydrogen-bond acceptors (Lipinski definition) is 3. The third kappa shape index (κ3) is 2.99. The first-order chi connectivity index (χ1) is 9.38. The van der Waals surface area contributed by atoms with Gasteiger partial charge in [-0.3, -0.25) is 4.79 Å². The second-order valence-electron chi connectivity index (χ2n) is 5.55. The van der Waals surface area contributed by atoms with Gasteiger partial charge in [0, 0.05) is 6.54 Å². The van der Waals surface area contributed by atoms with E-state index in [4.69, 9.17) is 0 Å². The highest BCUT2D eigenvalue weighted by Crippen LogP contribution is 2.25. The number of likely N-dealkylation sites (tertiary alicyclic amines) is 1. The quantitative estimate of drug-likeness (QED) is 0.884. The van der Waals surface area contributed by atoms with Crippen molar-refractivity contribution in [3.63, 3.8) is 0 Å². The number of rotatable bonds is 3. The first-order valence-electron chi connectivity index (χ1n) is 6.72. The Labute approximate surface area is 118 Å². The lowest BCUT2D eigenvalue weighted by atomic mass is 10.0. The molecule has 0 aromatic heterocycles. The van der Waals surface area contributed by atoms with Crippen LogP contribution < -0.4 is 5.32 Å². The summed E-state index contributed by atoms with van der Waals surface area (Å²) in [6.07, 6.45) is 0.815. The normalized spacial score (nSPS) is 19.1. The third-order valence-electron chi connectivity index (χ3n) is 3.72. The Bertz CT molecular complexity index is 554. The number of anilines is 1. The van der Waals surface area contributed by atoms with Crippen molar-refractivity contribution in [2.24, 2.45) is 5.92 Å². The first-order valence-corrected chi connectivity index (χ1v) is 6.72. The highest BCUT2D eigenvalue weighted by molar-refractivity contribution is 6.02. The van der Waals surface area contributed by atoms with Crippen molar-refractivity contribution >= 4 is 17.6 Å². The predicted octanol–water partition coefficient (Wildman–Crippen LogP) is 1.89. The molecule has 1 aromatic rings. The zero-order chi connectivity index (χ0) is 14.9. The number of carbonyl (C=O) groups is 2. The summed E-state index contributed by atoms with van der Waals surface area (Å²) in [4.78, 5) is 25.7. The Morgan fingerprint density at radius 2 is 2.05 bits per heavy atom. The van der Waals surface area contributed by atoms with Crippen LogP contribution in [0.3, 0.4) is 0 Å². The van der Waals surface area contributed by atoms with Crippen LogP contribution in [0.4, 0.5) is 5.69 Å². The zero-order valence-electron chi connectivity index (χ0n) is 12.1. The van der Waals surface area contributed by atoms with Crippen LogP contribution in [0, 0.1) is 19.8 Å². The van der Waals surface area contributed by atoms with Gasteiger partial charge in [0.05, 0.1) is 17.2 Å². The summed E-state index contributed by atoms with van der Waals surface area (Å²) >= 11 is 0. The maximum Gasteiger partial charge on any atom is 0.337 e. The minimum Gasteiger partial charge on any atom is -0.478 e. The largest absolute Gasteiger partial charge is 0.478 e. The van der Waals surface area contributed by atoms with Gasteiger partial charge < -0.3 is 15.3 Å². The minimum atomic E-state index is -1.02. The molecule has 5 nitrogen and oxygen atoms in total. The fourth-order valence-electron chi connectivity index (χ4n) is 2.68. The van der Waals surface area contributed by atoms with E-state index in [2.05, 4.69) is 10.2 Å². The molecule has 1 aromatic carbocycles. The van der Waals surface area contributed by atoms with Crippen molar-refractivity contribution in [3.05, 3.63) is 28.8 Å². The second kappa shape index (κ2) is 5.63. The van der Waals surface area contributed by atoms with E-state index in [0.29, 0.717) is 5.69 Å². The monoisotopic (exact) mass is 276 g/mol. The van der Waals surface area contributed by atoms with E-state index in [-0.39, 0.29) is 17.4 Å². The van der Waals surface area contributed by atoms with E-state index in [1.54, 1.807) is 6.07 Å². The van der Waals surface area contributed by atoms with Gasteiger partial charge in [0.2, 0.25) is 5.91 Å². The van der Waals surface area contributed by atoms with Crippen LogP contribution in [-0.2, 0) is 4.79 Å². The molecule has 1 aliphatic rings. The number of carboxylic acids is 1. The van der Waals surface area contributed by atoms with Crippen LogP contribution in [0.2, 0.25) is 0 Å². The molecule has 1 atom stereocenters. The fraction of sp³-hybridized carbons (Fsp3) is 0.467. The number of carbonyl (C=O) groups excluding carboxylic acids is 1. The standard InChI is InChI=1S/C15H20N2O3/c1-9-6-10(2)13(12(7-9)15(19)20)16-14(18)11-4-5-17(3)8-11/h6-7,11H,4-5,8H2,1-3H3,(H,16,18)(H,19,20). The van der Waals surface area contributed by atoms with Gasteiger partial charge in [-0.15, -0.1) is 0 Å². The number of aryl methyl sites for hydroxylation is 2. The molecule has 0 aliphatic carbocycles. The summed E-state index contributed by atoms with van der Waals surface area (Å²) < 4.78 is 0. The predicted molar refractivity (Wildman–Crippen MR) is 77.1 cm³/mol. The average Bonchev–Trinajstić information content (AvgIpc) is 2.78. The number of carboxylic acid groups (broad SMARTS) is 1. The van der Waals surface area contributed by atoms with Crippen LogP contribution >= 0.6 is 0 Å². The Balaban J connectivity index is 2.24. The van der Waals surface area contributed by atoms with Crippen LogP contribution in [-0.4, -0.2) is 42.0 Å². The summed E-state index contributed by atoms with van der Waals surface area (Å²) in [6.45, 7) is 5.28. The summed E-state index contributed by atoms with van der Waals surface area (Å²) in [6, 6.07) is 3.47. The molecule has 2 rings (SSSR count). The summed E-state index contributed by atoms with van der Waals surface area (Å²) in [5, 5.41) is 12.1. The molecule has 1 heterocycles. The van der Waals surface area contributed by atoms with Crippen LogP contribution in [0.5, 0.6) is 0 Å². The Morgan fingerprint density at radius 1 is 1.35 bits per heavy atom. The topological polar surface area (TPSA) is 69.6 Å². The molecule has 2 N–H and O–H groups in total. The van der Waals surface area contributed by atoms with E-state index < -0.39 is 5.97 Å². The van der Waals surface area contributed by atoms with E-state index in [9.17, 15) is 14.7 Å². The molecule has 1 aliphatic heterocycles. The van der Waals surface area contributed by atoms with Crippen molar-refractivity contribution < 1.29 is 14.7 Å². The van der Waals surface area contributed by atoms with Crippen LogP contribution in [0.1, 0.15) is 27.9 Å². The maximum absolute atomic E-state index is 12.2. The van der Waals surface area contributed by atoms with E-state index >= 15 is 0 Å². The van der Waals surface area contributed by atoms with E-state index in [0.717, 1.165) is 30.6 Å². The Hall–Kier alpha value is -1.88. The summed E-state index contributed by atoms with van der Waals surface area (Å²) in [7, 11) is 1.98. The molecule has 20 heavy (non-hydrogen) atoms. The molecule has 0 spiro atoms. The highest BCUT2D eigenvalue weighted by Gasteiger charge is 2.27. The van der Waals surface area contributed by atoms with Gasteiger partial charge in [0.15, 0.2) is 0 Å². The van der Waals surface area contributed by atoms with Crippen LogP contribution in [0.15, 0.2) is 12.1 Å². The van der Waals surface area contributed by atoms with E-state index in [1.807, 2.05) is 27.0 Å². The molecule has 1 fully saturated rings. The van der Waals surface area contributed by atoms with Crippen molar-refractivity contribution in [3.8, 4) is 0 Å². The van der Waals surface area contributed by atoms with Gasteiger partial charge in [-0.1, -0.05) is 6.07 Å². The maximum atomic E-state index is 12.2. The summed E-state index contributed by atoms with van der Waals surface area (Å²) in [5.74, 6) is -1.18. The van der Waals surface area contributed by atoms with Crippen molar-refractivity contribution in [1.82, 2.24) is 4.90 Å². The molecule has 0 saturated carbocycles. The first kappa shape index (κ1) is 14.5. The molecule has 1 unspecified atom stereocenters. The fourth-order valence-corrected chi connectivity index (χ4v) is 2.68. The van der Waals surface area contributed by atoms with Gasteiger partial charge in [0.25, 0.3) is 0 Å². The molecule has 0 radical (unpaired) electrons. The van der Waals surface area contributed by atoms with Crippen molar-refractivity contribution in [2.75, 3.05) is 25.5 Å². The van der Waals surface area contributed by atoms with Crippen LogP contribution in [0.25, 0.3) is 0 Å². The van der Waals surface area contributed by atoms with Crippen molar-refractivity contribution in [2.45, 2.75) is 20.3 Å². The van der Waals surface area contributed by atoms with Crippen molar-refractivity contribution in [1.29, 1.82) is 0 Å². The molecule has 0 bridgehead atoms. The third-order valence-corrected chi connectivity index (χ3v) is 3.72. The number of hydrogen-bond donors (Lipinski definition) is 2. The smallest absolute Gasteiger partial charge is 0.337 e. The molecule has 108 valence electrons. The number of benzene rings is 1. The molecular weight excluding hydrogens is 256 g/mol. The van der Waals surface area contributed by atoms with Gasteiger partial charge in [-0.2, -0.15) is 0 Å². The zero-order valence-corrected chi connectivity index (χ0v) is 12.1. The molecular formula is C15H20N2O3. The number of nitrogens with zero attached hydrogens (tertiary/aromatic N) is 1. The molecule has 5 heteroatoms. The van der Waals surface area contributed by atoms with Gasteiger partial charge in [-0.05, 0) is 51.1 Å².